The van der Waals surface area contributed by atoms with Crippen molar-refractivity contribution in [3.05, 3.63) is 63.0 Å². The van der Waals surface area contributed by atoms with Crippen LogP contribution in [0.25, 0.3) is 10.4 Å². The molecule has 0 radical (unpaired) electrons. The number of hydrogen-bond donors (Lipinski definition) is 0. The SMILES string of the molecule is CCN(C(=O)c1cc2c(s1)-c1ccc(Cl)cc1SC2)c1cc(Cl)ccc1OC. The number of benzene rings is 2. The Morgan fingerprint density at radius 1 is 1.14 bits per heavy atom. The van der Waals surface area contributed by atoms with Gasteiger partial charge in [0.2, 0.25) is 0 Å². The summed E-state index contributed by atoms with van der Waals surface area (Å²) in [6, 6.07) is 13.2. The minimum absolute atomic E-state index is 0.0528. The number of halogens is 2. The lowest BCUT2D eigenvalue weighted by atomic mass is 10.1. The van der Waals surface area contributed by atoms with E-state index in [1.54, 1.807) is 42.0 Å². The van der Waals surface area contributed by atoms with E-state index in [1.165, 1.54) is 16.9 Å². The highest BCUT2D eigenvalue weighted by Crippen LogP contribution is 2.47. The average Bonchev–Trinajstić information content (AvgIpc) is 3.13. The number of carbonyl (C=O) groups is 1. The number of nitrogens with zero attached hydrogens (tertiary/aromatic N) is 1. The number of thioether (sulfide) groups is 1. The Bertz CT molecular complexity index is 1060. The monoisotopic (exact) mass is 449 g/mol. The fourth-order valence-corrected chi connectivity index (χ4v) is 6.06. The number of amides is 1. The number of thiophene rings is 1. The molecule has 3 aromatic rings. The minimum atomic E-state index is -0.0528. The summed E-state index contributed by atoms with van der Waals surface area (Å²) >= 11 is 15.6. The van der Waals surface area contributed by atoms with Gasteiger partial charge in [-0.05, 0) is 48.9 Å². The largest absolute Gasteiger partial charge is 0.495 e. The van der Waals surface area contributed by atoms with Crippen LogP contribution in [0.3, 0.4) is 0 Å². The lowest BCUT2D eigenvalue weighted by molar-refractivity contribution is 0.0991. The molecule has 7 heteroatoms. The number of rotatable bonds is 4. The summed E-state index contributed by atoms with van der Waals surface area (Å²) in [4.78, 5) is 18.1. The number of hydrogen-bond acceptors (Lipinski definition) is 4. The number of fused-ring (bicyclic) bond motifs is 3. The van der Waals surface area contributed by atoms with Gasteiger partial charge in [-0.3, -0.25) is 4.79 Å². The summed E-state index contributed by atoms with van der Waals surface area (Å²) in [5.41, 5.74) is 3.00. The second kappa shape index (κ2) is 7.99. The molecule has 144 valence electrons. The molecule has 1 aliphatic rings. The van der Waals surface area contributed by atoms with Gasteiger partial charge in [0.1, 0.15) is 5.75 Å². The van der Waals surface area contributed by atoms with Crippen molar-refractivity contribution in [3.8, 4) is 16.2 Å². The molecule has 1 aliphatic heterocycles. The van der Waals surface area contributed by atoms with Crippen molar-refractivity contribution in [2.24, 2.45) is 0 Å². The molecule has 0 saturated heterocycles. The van der Waals surface area contributed by atoms with Crippen molar-refractivity contribution >= 4 is 57.9 Å². The van der Waals surface area contributed by atoms with Crippen LogP contribution in [-0.2, 0) is 5.75 Å². The maximum atomic E-state index is 13.3. The Morgan fingerprint density at radius 3 is 2.64 bits per heavy atom. The van der Waals surface area contributed by atoms with E-state index in [1.807, 2.05) is 31.2 Å². The summed E-state index contributed by atoms with van der Waals surface area (Å²) in [7, 11) is 1.59. The molecular formula is C21H17Cl2NO2S2. The Balaban J connectivity index is 1.73. The number of methoxy groups -OCH3 is 1. The van der Waals surface area contributed by atoms with Crippen molar-refractivity contribution in [1.82, 2.24) is 0 Å². The summed E-state index contributed by atoms with van der Waals surface area (Å²) in [6.07, 6.45) is 0. The zero-order valence-electron chi connectivity index (χ0n) is 15.3. The van der Waals surface area contributed by atoms with Crippen LogP contribution in [0.2, 0.25) is 10.0 Å². The third-order valence-electron chi connectivity index (χ3n) is 4.58. The van der Waals surface area contributed by atoms with Crippen LogP contribution >= 0.6 is 46.3 Å². The predicted octanol–water partition coefficient (Wildman–Crippen LogP) is 7.00. The van der Waals surface area contributed by atoms with Crippen LogP contribution in [0.15, 0.2) is 47.4 Å². The van der Waals surface area contributed by atoms with Crippen molar-refractivity contribution in [1.29, 1.82) is 0 Å². The van der Waals surface area contributed by atoms with E-state index >= 15 is 0 Å². The first-order valence-corrected chi connectivity index (χ1v) is 11.3. The molecule has 0 saturated carbocycles. The first-order valence-electron chi connectivity index (χ1n) is 8.72. The van der Waals surface area contributed by atoms with E-state index in [9.17, 15) is 4.79 Å². The number of ether oxygens (including phenoxy) is 1. The zero-order valence-corrected chi connectivity index (χ0v) is 18.4. The standard InChI is InChI=1S/C21H17Cl2NO2S2/c1-3-24(16-9-13(22)5-7-17(16)26-2)21(25)19-8-12-11-27-18-10-14(23)4-6-15(18)20(12)28-19/h4-10H,3,11H2,1-2H3. The first kappa shape index (κ1) is 19.6. The van der Waals surface area contributed by atoms with E-state index in [0.717, 1.165) is 26.1 Å². The second-order valence-electron chi connectivity index (χ2n) is 6.26. The summed E-state index contributed by atoms with van der Waals surface area (Å²) in [5, 5.41) is 1.29. The van der Waals surface area contributed by atoms with Gasteiger partial charge in [0, 0.05) is 37.7 Å². The maximum absolute atomic E-state index is 13.3. The third kappa shape index (κ3) is 3.52. The van der Waals surface area contributed by atoms with Crippen LogP contribution in [-0.4, -0.2) is 19.6 Å². The highest BCUT2D eigenvalue weighted by Gasteiger charge is 2.26. The molecule has 0 spiro atoms. The van der Waals surface area contributed by atoms with Gasteiger partial charge in [-0.2, -0.15) is 0 Å². The van der Waals surface area contributed by atoms with Gasteiger partial charge in [0.05, 0.1) is 17.7 Å². The van der Waals surface area contributed by atoms with Gasteiger partial charge in [0.25, 0.3) is 5.91 Å². The molecule has 3 nitrogen and oxygen atoms in total. The van der Waals surface area contributed by atoms with Gasteiger partial charge in [-0.15, -0.1) is 23.1 Å². The molecule has 2 aromatic carbocycles. The lowest BCUT2D eigenvalue weighted by Crippen LogP contribution is -2.30. The van der Waals surface area contributed by atoms with E-state index in [4.69, 9.17) is 27.9 Å². The average molecular weight is 450 g/mol. The number of anilines is 1. The second-order valence-corrected chi connectivity index (χ2v) is 9.20. The summed E-state index contributed by atoms with van der Waals surface area (Å²) < 4.78 is 5.44. The van der Waals surface area contributed by atoms with Gasteiger partial charge >= 0.3 is 0 Å². The van der Waals surface area contributed by atoms with Gasteiger partial charge in [0.15, 0.2) is 0 Å². The van der Waals surface area contributed by atoms with Crippen LogP contribution in [0.4, 0.5) is 5.69 Å². The third-order valence-corrected chi connectivity index (χ3v) is 7.36. The molecule has 1 aromatic heterocycles. The zero-order chi connectivity index (χ0) is 19.8. The van der Waals surface area contributed by atoms with Gasteiger partial charge in [-0.25, -0.2) is 0 Å². The Morgan fingerprint density at radius 2 is 1.89 bits per heavy atom. The Labute approximate surface area is 182 Å². The van der Waals surface area contributed by atoms with Gasteiger partial charge in [-0.1, -0.05) is 29.3 Å². The van der Waals surface area contributed by atoms with Crippen LogP contribution in [0, 0.1) is 0 Å². The first-order chi connectivity index (χ1) is 13.5. The normalized spacial score (nSPS) is 12.3. The topological polar surface area (TPSA) is 29.5 Å². The fourth-order valence-electron chi connectivity index (χ4n) is 3.26. The van der Waals surface area contributed by atoms with E-state index in [-0.39, 0.29) is 5.91 Å². The van der Waals surface area contributed by atoms with Crippen molar-refractivity contribution < 1.29 is 9.53 Å². The Hall–Kier alpha value is -1.66. The highest BCUT2D eigenvalue weighted by atomic mass is 35.5. The highest BCUT2D eigenvalue weighted by molar-refractivity contribution is 7.98. The molecule has 0 fully saturated rings. The fraction of sp³-hybridized carbons (Fsp3) is 0.190. The molecule has 0 bridgehead atoms. The molecule has 0 aliphatic carbocycles. The predicted molar refractivity (Wildman–Crippen MR) is 120 cm³/mol. The van der Waals surface area contributed by atoms with Crippen LogP contribution in [0.5, 0.6) is 5.75 Å². The maximum Gasteiger partial charge on any atom is 0.268 e. The van der Waals surface area contributed by atoms with Crippen LogP contribution < -0.4 is 9.64 Å². The molecule has 2 heterocycles. The van der Waals surface area contributed by atoms with Gasteiger partial charge < -0.3 is 9.64 Å². The van der Waals surface area contributed by atoms with E-state index < -0.39 is 0 Å². The smallest absolute Gasteiger partial charge is 0.268 e. The molecule has 4 rings (SSSR count). The van der Waals surface area contributed by atoms with Crippen LogP contribution in [0.1, 0.15) is 22.2 Å². The number of carbonyl (C=O) groups excluding carboxylic acids is 1. The molecule has 0 N–H and O–H groups in total. The quantitative estimate of drug-likeness (QED) is 0.429. The Kier molecular flexibility index (Phi) is 5.61. The molecule has 1 amide bonds. The van der Waals surface area contributed by atoms with E-state index in [0.29, 0.717) is 27.9 Å². The summed E-state index contributed by atoms with van der Waals surface area (Å²) in [6.45, 7) is 2.46. The van der Waals surface area contributed by atoms with E-state index in [2.05, 4.69) is 0 Å². The van der Waals surface area contributed by atoms with Crippen molar-refractivity contribution in [3.63, 3.8) is 0 Å². The molecule has 0 atom stereocenters. The lowest BCUT2D eigenvalue weighted by Gasteiger charge is -2.22. The molecular weight excluding hydrogens is 433 g/mol. The molecule has 0 unspecified atom stereocenters. The van der Waals surface area contributed by atoms with Crippen molar-refractivity contribution in [2.75, 3.05) is 18.6 Å². The van der Waals surface area contributed by atoms with Crippen molar-refractivity contribution in [2.45, 2.75) is 17.6 Å². The minimum Gasteiger partial charge on any atom is -0.495 e. The molecule has 28 heavy (non-hydrogen) atoms. The summed E-state index contributed by atoms with van der Waals surface area (Å²) in [5.74, 6) is 1.40.